The Hall–Kier alpha value is -13.0. The predicted molar refractivity (Wildman–Crippen MR) is 436 cm³/mol. The van der Waals surface area contributed by atoms with Gasteiger partial charge in [-0.1, -0.05) is 65.9 Å². The van der Waals surface area contributed by atoms with Gasteiger partial charge in [0, 0.05) is 64.9 Å². The van der Waals surface area contributed by atoms with Gasteiger partial charge in [0.25, 0.3) is 11.8 Å². The first-order chi connectivity index (χ1) is 59.5. The number of nitrogens with two attached hydrogens (primary N) is 2. The molecule has 2 saturated heterocycles. The monoisotopic (exact) mass is 1750 g/mol. The van der Waals surface area contributed by atoms with Gasteiger partial charge in [-0.15, -0.1) is 5.10 Å². The molecular formula is C76H116FN25O22. The van der Waals surface area contributed by atoms with Gasteiger partial charge in [0.05, 0.1) is 111 Å². The summed E-state index contributed by atoms with van der Waals surface area (Å²) in [6, 6.07) is 5.28. The highest BCUT2D eigenvalue weighted by Gasteiger charge is 2.35. The number of aromatic nitrogens is 3. The first-order valence-corrected chi connectivity index (χ1v) is 40.6. The Morgan fingerprint density at radius 3 is 1.30 bits per heavy atom. The van der Waals surface area contributed by atoms with E-state index in [1.807, 2.05) is 0 Å². The number of alkyl halides is 1. The minimum absolute atomic E-state index is 0.00746. The number of urea groups is 2. The van der Waals surface area contributed by atoms with Gasteiger partial charge in [0.2, 0.25) is 59.1 Å². The van der Waals surface area contributed by atoms with Crippen molar-refractivity contribution in [3.8, 4) is 0 Å². The molecule has 5 rings (SSSR count). The summed E-state index contributed by atoms with van der Waals surface area (Å²) in [5, 5.41) is 76.9. The Balaban J connectivity index is 1.23. The van der Waals surface area contributed by atoms with Crippen molar-refractivity contribution in [2.75, 3.05) is 118 Å². The van der Waals surface area contributed by atoms with Crippen LogP contribution >= 0.6 is 0 Å². The van der Waals surface area contributed by atoms with Crippen LogP contribution in [0.15, 0.2) is 66.9 Å². The van der Waals surface area contributed by atoms with E-state index >= 15 is 0 Å². The number of hydrazine groups is 2. The zero-order chi connectivity index (χ0) is 90.4. The van der Waals surface area contributed by atoms with E-state index in [9.17, 15) is 91.3 Å². The molecule has 2 fully saturated rings. The van der Waals surface area contributed by atoms with Crippen molar-refractivity contribution < 1.29 is 110 Å². The second-order valence-electron chi connectivity index (χ2n) is 28.4. The highest BCUT2D eigenvalue weighted by molar-refractivity contribution is 5.98. The number of rotatable bonds is 52. The minimum atomic E-state index is -1.75. The van der Waals surface area contributed by atoms with Crippen molar-refractivity contribution in [1.29, 1.82) is 10.8 Å². The van der Waals surface area contributed by atoms with Crippen molar-refractivity contribution in [2.45, 2.75) is 165 Å². The molecule has 48 heteroatoms. The molecule has 3 heterocycles. The average molecular weight is 1750 g/mol. The van der Waals surface area contributed by atoms with E-state index in [4.69, 9.17) is 41.2 Å². The van der Waals surface area contributed by atoms with Gasteiger partial charge >= 0.3 is 24.0 Å². The van der Waals surface area contributed by atoms with Gasteiger partial charge in [0.1, 0.15) is 42.8 Å². The molecule has 2 aliphatic heterocycles. The molecule has 124 heavy (non-hydrogen) atoms. The third-order valence-electron chi connectivity index (χ3n) is 18.4. The van der Waals surface area contributed by atoms with Crippen LogP contribution in [-0.2, 0) is 112 Å². The molecule has 6 atom stereocenters. The quantitative estimate of drug-likeness (QED) is 0.0143. The zero-order valence-electron chi connectivity index (χ0n) is 69.0. The Morgan fingerprint density at radius 1 is 0.468 bits per heavy atom. The molecule has 3 aromatic rings. The van der Waals surface area contributed by atoms with Crippen molar-refractivity contribution >= 4 is 107 Å². The van der Waals surface area contributed by atoms with Crippen molar-refractivity contribution in [2.24, 2.45) is 11.5 Å². The van der Waals surface area contributed by atoms with E-state index in [2.05, 4.69) is 90.3 Å². The zero-order valence-corrected chi connectivity index (χ0v) is 69.0. The lowest BCUT2D eigenvalue weighted by atomic mass is 10.1. The summed E-state index contributed by atoms with van der Waals surface area (Å²) in [5.74, 6) is -13.3. The lowest BCUT2D eigenvalue weighted by Gasteiger charge is -2.28. The number of nitrogens with zero attached hydrogens (tertiary/aromatic N) is 6. The number of ether oxygens (including phenoxy) is 4. The number of halogens is 1. The Bertz CT molecular complexity index is 3790. The molecule has 0 bridgehead atoms. The number of guanidine groups is 2. The van der Waals surface area contributed by atoms with Gasteiger partial charge < -0.3 is 115 Å². The number of carboxylic acid groups (broad SMARTS) is 2. The average Bonchev–Trinajstić information content (AvgIpc) is 1.35. The summed E-state index contributed by atoms with van der Waals surface area (Å²) < 4.78 is 36.2. The number of carbonyl (C=O) groups is 16. The van der Waals surface area contributed by atoms with Crippen molar-refractivity contribution in [3.05, 3.63) is 83.7 Å². The van der Waals surface area contributed by atoms with E-state index < -0.39 is 158 Å². The van der Waals surface area contributed by atoms with Gasteiger partial charge in [-0.3, -0.25) is 93.2 Å². The largest absolute Gasteiger partial charge is 0.481 e. The van der Waals surface area contributed by atoms with Gasteiger partial charge in [-0.25, -0.2) is 24.3 Å². The molecule has 0 spiro atoms. The van der Waals surface area contributed by atoms with Gasteiger partial charge in [0.15, 0.2) is 11.9 Å². The molecule has 16 amide bonds. The summed E-state index contributed by atoms with van der Waals surface area (Å²) in [4.78, 5) is 217. The lowest BCUT2D eigenvalue weighted by Crippen LogP contribution is -2.59. The van der Waals surface area contributed by atoms with Crippen LogP contribution in [0.3, 0.4) is 0 Å². The molecule has 47 nitrogen and oxygen atoms in total. The maximum Gasteiger partial charge on any atom is 0.337 e. The molecular weight excluding hydrogens is 1630 g/mol. The fraction of sp³-hybridized carbons (Fsp3) is 0.579. The molecule has 2 aliphatic rings. The molecule has 23 N–H and O–H groups in total. The topological polar surface area (TPSA) is 671 Å². The van der Waals surface area contributed by atoms with Crippen molar-refractivity contribution in [3.63, 3.8) is 0 Å². The highest BCUT2D eigenvalue weighted by Crippen LogP contribution is 2.14. The molecule has 2 aromatic carbocycles. The maximum atomic E-state index is 14.3. The van der Waals surface area contributed by atoms with Crippen LogP contribution < -0.4 is 91.4 Å². The first kappa shape index (κ1) is 102. The highest BCUT2D eigenvalue weighted by atomic mass is 18.2. The van der Waals surface area contributed by atoms with Crippen LogP contribution in [0, 0.1) is 10.8 Å². The number of amides is 16. The summed E-state index contributed by atoms with van der Waals surface area (Å²) in [6.07, 6.45) is 0.173. The maximum absolute atomic E-state index is 14.3. The molecule has 0 saturated carbocycles. The van der Waals surface area contributed by atoms with Crippen LogP contribution in [0.25, 0.3) is 0 Å². The minimum Gasteiger partial charge on any atom is -0.481 e. The SMILES string of the molecule is N=C(N)NCCC[C@@H]1NC(=O)[C@H](CCCCNC(=O)CCN(CCC(=O)NCCCC[C@@H]2NC(=O)N(Cc3ccccc3)NC(=O)[C@H](CC(=O)O)NC(=O)CNC(=O)[C@H](CCCNC(=N)N)NC2=O)C(=O)CCOCCOCCOCCOCCNC(=O)Cn2cc(CCC[18F])nn2)NC(=O)N(Cc2ccccc2)NC(=O)[C@H](CC(=O)O)NC(=O)CNC1=O. The third-order valence-corrected chi connectivity index (χ3v) is 18.4. The Morgan fingerprint density at radius 2 is 0.871 bits per heavy atom. The smallest absolute Gasteiger partial charge is 0.337 e. The second-order valence-corrected chi connectivity index (χ2v) is 28.4. The Kier molecular flexibility index (Phi) is 47.6. The molecule has 0 aliphatic carbocycles. The van der Waals surface area contributed by atoms with E-state index in [0.717, 1.165) is 10.0 Å². The van der Waals surface area contributed by atoms with Crippen LogP contribution in [-0.4, -0.2) is 302 Å². The number of unbranched alkanes of at least 4 members (excludes halogenated alkanes) is 2. The summed E-state index contributed by atoms with van der Waals surface area (Å²) >= 11 is 0. The number of hydrogen-bond acceptors (Lipinski definition) is 24. The number of aliphatic carboxylic acids is 2. The van der Waals surface area contributed by atoms with Crippen LogP contribution in [0.4, 0.5) is 14.0 Å². The van der Waals surface area contributed by atoms with E-state index in [1.165, 1.54) is 9.58 Å². The lowest BCUT2D eigenvalue weighted by molar-refractivity contribution is -0.142. The summed E-state index contributed by atoms with van der Waals surface area (Å²) in [5.41, 5.74) is 17.1. The molecule has 1 aromatic heterocycles. The van der Waals surface area contributed by atoms with Crippen molar-refractivity contribution in [1.82, 2.24) is 110 Å². The predicted octanol–water partition coefficient (Wildman–Crippen LogP) is -5.17. The van der Waals surface area contributed by atoms with E-state index in [0.29, 0.717) is 29.7 Å². The van der Waals surface area contributed by atoms with Crippen LogP contribution in [0.1, 0.15) is 120 Å². The summed E-state index contributed by atoms with van der Waals surface area (Å²) in [7, 11) is 0. The van der Waals surface area contributed by atoms with Crippen LogP contribution in [0.2, 0.25) is 0 Å². The van der Waals surface area contributed by atoms with E-state index in [1.54, 1.807) is 66.9 Å². The number of aryl methyl sites for hydroxylation is 1. The number of benzene rings is 2. The molecule has 0 radical (unpaired) electrons. The number of carboxylic acids is 2. The van der Waals surface area contributed by atoms with Crippen LogP contribution in [0.5, 0.6) is 0 Å². The standard InChI is InChI=1S/C76H116FN25O22/c77-26-11-18-52-48-100(98-95-52)49-63(107)84-31-35-122-37-39-124-41-40-123-38-36-121-34-25-64(108)99(32-23-59(103)82-27-9-7-19-55-69(115)91-53(21-12-29-85-73(78)79)67(113)87-44-61(105)89-57(42-65(109)110)71(117)96-101(75(119)93-55)46-50-14-3-1-4-15-50)33-24-60(104)83-28-10-8-20-56-70(116)92-54(22-13-30-86-74(80)81)68(114)88-45-62(106)90-58(43-66(111)112)72(118)97-102(76(120)94-56)47-51-16-5-2-6-17-51/h1-6,14-17,48,53-58H,7-13,18-47,49H2,(H,82,103)(H,83,104)(H,84,107)(H,87,113)(H,88,114)(H,89,105)(H,90,106)(H,91,115)(H,92,116)(H,93,119)(H,94,120)(H,96,117)(H,97,118)(H,109,110)(H,111,112)(H4,78,79,85)(H4,80,81,86)/t53-,54-,55-,56-,57-,58-/m0/s1/i77-1. The van der Waals surface area contributed by atoms with E-state index in [-0.39, 0.29) is 220 Å². The number of nitrogens with one attached hydrogen (secondary N) is 17. The van der Waals surface area contributed by atoms with Gasteiger partial charge in [-0.2, -0.15) is 0 Å². The number of carbonyl (C=O) groups excluding carboxylic acids is 14. The molecule has 0 unspecified atom stereocenters. The Labute approximate surface area is 713 Å². The second kappa shape index (κ2) is 58.1. The fourth-order valence-corrected chi connectivity index (χ4v) is 12.0. The fourth-order valence-electron chi connectivity index (χ4n) is 12.0. The number of hydrogen-bond donors (Lipinski definition) is 21. The normalized spacial score (nSPS) is 17.7. The van der Waals surface area contributed by atoms with Gasteiger partial charge in [-0.05, 0) is 88.2 Å². The first-order valence-electron chi connectivity index (χ1n) is 40.6. The summed E-state index contributed by atoms with van der Waals surface area (Å²) in [6.45, 7) is -1.48. The third kappa shape index (κ3) is 43.0. The molecule has 684 valence electrons.